The van der Waals surface area contributed by atoms with Crippen molar-refractivity contribution < 1.29 is 9.31 Å². The van der Waals surface area contributed by atoms with E-state index >= 15 is 0 Å². The van der Waals surface area contributed by atoms with Crippen molar-refractivity contribution in [2.45, 2.75) is 19.5 Å². The molecular formula is C12H17N2O+. The van der Waals surface area contributed by atoms with E-state index in [-0.39, 0.29) is 0 Å². The summed E-state index contributed by atoms with van der Waals surface area (Å²) < 4.78 is 7.34. The maximum Gasteiger partial charge on any atom is 0.275 e. The van der Waals surface area contributed by atoms with E-state index in [0.29, 0.717) is 12.6 Å². The van der Waals surface area contributed by atoms with Gasteiger partial charge in [-0.3, -0.25) is 10.3 Å². The Labute approximate surface area is 90.2 Å². The van der Waals surface area contributed by atoms with E-state index in [0.717, 1.165) is 12.4 Å². The van der Waals surface area contributed by atoms with Gasteiger partial charge in [0, 0.05) is 12.7 Å². The average molecular weight is 205 g/mol. The molecule has 0 amide bonds. The Morgan fingerprint density at radius 3 is 2.87 bits per heavy atom. The third-order valence-corrected chi connectivity index (χ3v) is 2.88. The fourth-order valence-electron chi connectivity index (χ4n) is 2.06. The quantitative estimate of drug-likeness (QED) is 0.746. The molecule has 0 saturated heterocycles. The van der Waals surface area contributed by atoms with E-state index in [1.807, 2.05) is 6.07 Å². The molecule has 2 rings (SSSR count). The van der Waals surface area contributed by atoms with Crippen molar-refractivity contribution in [1.29, 1.82) is 0 Å². The third kappa shape index (κ3) is 1.75. The molecule has 1 aromatic carbocycles. The second-order valence-electron chi connectivity index (χ2n) is 3.97. The van der Waals surface area contributed by atoms with Crippen molar-refractivity contribution in [2.24, 2.45) is 5.73 Å². The molecule has 2 N–H and O–H groups in total. The monoisotopic (exact) mass is 205 g/mol. The molecule has 0 radical (unpaired) electrons. The number of fused-ring (bicyclic) bond motifs is 1. The first-order valence-corrected chi connectivity index (χ1v) is 5.20. The molecule has 1 unspecified atom stereocenters. The molecule has 0 saturated carbocycles. The zero-order valence-corrected chi connectivity index (χ0v) is 9.23. The molecule has 0 fully saturated rings. The SMILES string of the molecule is COCC(C)[N+]1=C(N)c2ccccc2C1. The molecule has 1 atom stereocenters. The van der Waals surface area contributed by atoms with Crippen LogP contribution in [0.2, 0.25) is 0 Å². The van der Waals surface area contributed by atoms with E-state index in [4.69, 9.17) is 10.5 Å². The van der Waals surface area contributed by atoms with Crippen LogP contribution in [0.25, 0.3) is 0 Å². The summed E-state index contributed by atoms with van der Waals surface area (Å²) in [6, 6.07) is 8.60. The van der Waals surface area contributed by atoms with E-state index in [2.05, 4.69) is 29.7 Å². The van der Waals surface area contributed by atoms with Crippen molar-refractivity contribution in [3.8, 4) is 0 Å². The average Bonchev–Trinajstić information content (AvgIpc) is 2.57. The van der Waals surface area contributed by atoms with Gasteiger partial charge in [0.2, 0.25) is 0 Å². The Bertz CT molecular complexity index is 398. The van der Waals surface area contributed by atoms with Crippen molar-refractivity contribution in [3.05, 3.63) is 35.4 Å². The minimum absolute atomic E-state index is 0.322. The molecule has 15 heavy (non-hydrogen) atoms. The maximum absolute atomic E-state index is 6.11. The van der Waals surface area contributed by atoms with Gasteiger partial charge < -0.3 is 4.74 Å². The first kappa shape index (κ1) is 10.2. The Balaban J connectivity index is 2.29. The summed E-state index contributed by atoms with van der Waals surface area (Å²) in [7, 11) is 1.72. The van der Waals surface area contributed by atoms with Gasteiger partial charge in [-0.1, -0.05) is 18.2 Å². The molecule has 1 aromatic rings. The van der Waals surface area contributed by atoms with Crippen molar-refractivity contribution >= 4 is 5.84 Å². The van der Waals surface area contributed by atoms with Gasteiger partial charge in [-0.15, -0.1) is 0 Å². The number of rotatable bonds is 3. The molecule has 3 heteroatoms. The van der Waals surface area contributed by atoms with Crippen LogP contribution >= 0.6 is 0 Å². The summed E-state index contributed by atoms with van der Waals surface area (Å²) in [5.74, 6) is 0.871. The Morgan fingerprint density at radius 2 is 2.20 bits per heavy atom. The van der Waals surface area contributed by atoms with E-state index < -0.39 is 0 Å². The molecule has 3 nitrogen and oxygen atoms in total. The van der Waals surface area contributed by atoms with E-state index in [1.165, 1.54) is 11.1 Å². The maximum atomic E-state index is 6.11. The lowest BCUT2D eigenvalue weighted by Crippen LogP contribution is -2.33. The van der Waals surface area contributed by atoms with Crippen LogP contribution in [0, 0.1) is 0 Å². The predicted molar refractivity (Wildman–Crippen MR) is 60.0 cm³/mol. The van der Waals surface area contributed by atoms with Crippen LogP contribution < -0.4 is 5.73 Å². The zero-order valence-electron chi connectivity index (χ0n) is 9.23. The normalized spacial score (nSPS) is 16.7. The van der Waals surface area contributed by atoms with Crippen LogP contribution in [0.4, 0.5) is 0 Å². The molecule has 0 aliphatic carbocycles. The van der Waals surface area contributed by atoms with Gasteiger partial charge >= 0.3 is 0 Å². The number of hydrogen-bond donors (Lipinski definition) is 1. The summed E-state index contributed by atoms with van der Waals surface area (Å²) in [6.07, 6.45) is 0. The van der Waals surface area contributed by atoms with Gasteiger partial charge in [0.05, 0.1) is 12.2 Å². The molecule has 1 aliphatic heterocycles. The minimum atomic E-state index is 0.322. The first-order valence-electron chi connectivity index (χ1n) is 5.20. The number of hydrogen-bond acceptors (Lipinski definition) is 2. The number of benzene rings is 1. The van der Waals surface area contributed by atoms with Crippen LogP contribution in [-0.2, 0) is 11.3 Å². The molecule has 80 valence electrons. The van der Waals surface area contributed by atoms with Crippen molar-refractivity contribution in [1.82, 2.24) is 0 Å². The van der Waals surface area contributed by atoms with Gasteiger partial charge in [-0.05, 0) is 13.0 Å². The molecule has 1 heterocycles. The van der Waals surface area contributed by atoms with Crippen molar-refractivity contribution in [3.63, 3.8) is 0 Å². The summed E-state index contributed by atoms with van der Waals surface area (Å²) in [5, 5.41) is 0. The number of nitrogens with two attached hydrogens (primary N) is 1. The number of ether oxygens (including phenoxy) is 1. The lowest BCUT2D eigenvalue weighted by atomic mass is 10.1. The number of nitrogens with zero attached hydrogens (tertiary/aromatic N) is 1. The summed E-state index contributed by atoms with van der Waals surface area (Å²) in [6.45, 7) is 3.73. The Hall–Kier alpha value is -1.35. The zero-order chi connectivity index (χ0) is 10.8. The molecule has 0 spiro atoms. The van der Waals surface area contributed by atoms with Gasteiger partial charge in [-0.25, -0.2) is 0 Å². The lowest BCUT2D eigenvalue weighted by molar-refractivity contribution is -0.576. The second kappa shape index (κ2) is 4.03. The number of methoxy groups -OCH3 is 1. The molecule has 0 bridgehead atoms. The molecule has 1 aliphatic rings. The lowest BCUT2D eigenvalue weighted by Gasteiger charge is -2.11. The fraction of sp³-hybridized carbons (Fsp3) is 0.417. The van der Waals surface area contributed by atoms with Crippen LogP contribution in [0.3, 0.4) is 0 Å². The summed E-state index contributed by atoms with van der Waals surface area (Å²) in [5.41, 5.74) is 8.58. The van der Waals surface area contributed by atoms with Crippen LogP contribution in [-0.4, -0.2) is 30.2 Å². The molecular weight excluding hydrogens is 188 g/mol. The van der Waals surface area contributed by atoms with Crippen LogP contribution in [0.1, 0.15) is 18.1 Å². The largest absolute Gasteiger partial charge is 0.380 e. The van der Waals surface area contributed by atoms with Gasteiger partial charge in [0.25, 0.3) is 5.84 Å². The highest BCUT2D eigenvalue weighted by atomic mass is 16.5. The first-order chi connectivity index (χ1) is 7.24. The van der Waals surface area contributed by atoms with Crippen LogP contribution in [0.5, 0.6) is 0 Å². The predicted octanol–water partition coefficient (Wildman–Crippen LogP) is 0.953. The number of amidine groups is 1. The molecule has 0 aromatic heterocycles. The van der Waals surface area contributed by atoms with Crippen molar-refractivity contribution in [2.75, 3.05) is 13.7 Å². The summed E-state index contributed by atoms with van der Waals surface area (Å²) in [4.78, 5) is 0. The fourth-order valence-corrected chi connectivity index (χ4v) is 2.06. The van der Waals surface area contributed by atoms with E-state index in [9.17, 15) is 0 Å². The minimum Gasteiger partial charge on any atom is -0.380 e. The van der Waals surface area contributed by atoms with Gasteiger partial charge in [0.1, 0.15) is 12.6 Å². The third-order valence-electron chi connectivity index (χ3n) is 2.88. The highest BCUT2D eigenvalue weighted by Gasteiger charge is 2.27. The second-order valence-corrected chi connectivity index (χ2v) is 3.97. The van der Waals surface area contributed by atoms with Gasteiger partial charge in [0.15, 0.2) is 0 Å². The Kier molecular flexibility index (Phi) is 2.73. The highest BCUT2D eigenvalue weighted by Crippen LogP contribution is 2.17. The van der Waals surface area contributed by atoms with E-state index in [1.54, 1.807) is 7.11 Å². The van der Waals surface area contributed by atoms with Crippen LogP contribution in [0.15, 0.2) is 24.3 Å². The smallest absolute Gasteiger partial charge is 0.275 e. The topological polar surface area (TPSA) is 38.3 Å². The summed E-state index contributed by atoms with van der Waals surface area (Å²) >= 11 is 0. The van der Waals surface area contributed by atoms with Gasteiger partial charge in [-0.2, -0.15) is 0 Å². The highest BCUT2D eigenvalue weighted by molar-refractivity contribution is 5.96. The Morgan fingerprint density at radius 1 is 1.47 bits per heavy atom. The standard InChI is InChI=1S/C12H16N2O/c1-9(8-15-2)14-7-10-5-3-4-6-11(10)12(14)13/h3-6,9,13H,7-8H2,1-2H3/p+1.